The molecule has 0 rings (SSSR count). The second kappa shape index (κ2) is 58.4. The van der Waals surface area contributed by atoms with Crippen LogP contribution in [0.5, 0.6) is 0 Å². The molecule has 0 aromatic carbocycles. The molecule has 0 N–H and O–H groups in total. The van der Waals surface area contributed by atoms with Crippen LogP contribution in [0.25, 0.3) is 0 Å². The zero-order valence-electron chi connectivity index (χ0n) is 45.9. The number of unbranched alkanes of at least 4 members (excludes halogenated alkanes) is 20. The van der Waals surface area contributed by atoms with Gasteiger partial charge >= 0.3 is 17.9 Å². The van der Waals surface area contributed by atoms with Crippen LogP contribution in [0.4, 0.5) is 0 Å². The van der Waals surface area contributed by atoms with Crippen LogP contribution in [0, 0.1) is 0 Å². The average molecular weight is 984 g/mol. The number of esters is 3. The van der Waals surface area contributed by atoms with Crippen LogP contribution in [-0.2, 0) is 28.6 Å². The van der Waals surface area contributed by atoms with Crippen molar-refractivity contribution in [1.29, 1.82) is 0 Å². The fourth-order valence-corrected chi connectivity index (χ4v) is 7.57. The summed E-state index contributed by atoms with van der Waals surface area (Å²) in [7, 11) is 0. The summed E-state index contributed by atoms with van der Waals surface area (Å²) in [6.07, 6.45) is 80.5. The Bertz CT molecular complexity index is 1500. The molecule has 0 aromatic heterocycles. The smallest absolute Gasteiger partial charge is 0.306 e. The lowest BCUT2D eigenvalue weighted by Crippen LogP contribution is -2.30. The lowest BCUT2D eigenvalue weighted by Gasteiger charge is -2.18. The normalized spacial score (nSPS) is 13.0. The molecular weight excluding hydrogens is 877 g/mol. The molecule has 0 heterocycles. The summed E-state index contributed by atoms with van der Waals surface area (Å²) in [6, 6.07) is 0. The minimum atomic E-state index is -0.800. The van der Waals surface area contributed by atoms with Gasteiger partial charge in [0.2, 0.25) is 0 Å². The van der Waals surface area contributed by atoms with E-state index in [4.69, 9.17) is 14.2 Å². The molecule has 6 heteroatoms. The molecule has 0 spiro atoms. The van der Waals surface area contributed by atoms with Crippen LogP contribution in [0.2, 0.25) is 0 Å². The first kappa shape index (κ1) is 66.8. The van der Waals surface area contributed by atoms with Crippen molar-refractivity contribution in [3.05, 3.63) is 122 Å². The molecule has 0 bridgehead atoms. The van der Waals surface area contributed by atoms with Crippen LogP contribution in [0.1, 0.15) is 252 Å². The van der Waals surface area contributed by atoms with E-state index >= 15 is 0 Å². The van der Waals surface area contributed by atoms with Gasteiger partial charge in [0.05, 0.1) is 0 Å². The van der Waals surface area contributed by atoms with Gasteiger partial charge < -0.3 is 14.2 Å². The second-order valence-electron chi connectivity index (χ2n) is 18.8. The third-order valence-corrected chi connectivity index (χ3v) is 11.9. The minimum absolute atomic E-state index is 0.0968. The number of hydrogen-bond acceptors (Lipinski definition) is 6. The summed E-state index contributed by atoms with van der Waals surface area (Å²) >= 11 is 0. The van der Waals surface area contributed by atoms with E-state index in [0.717, 1.165) is 167 Å². The molecule has 0 radical (unpaired) electrons. The predicted octanol–water partition coefficient (Wildman–Crippen LogP) is 19.6. The van der Waals surface area contributed by atoms with Crippen LogP contribution >= 0.6 is 0 Å². The summed E-state index contributed by atoms with van der Waals surface area (Å²) in [4.78, 5) is 38.1. The zero-order chi connectivity index (χ0) is 51.4. The first-order valence-electron chi connectivity index (χ1n) is 29.0. The lowest BCUT2D eigenvalue weighted by atomic mass is 10.1. The van der Waals surface area contributed by atoms with Gasteiger partial charge in [-0.25, -0.2) is 0 Å². The standard InChI is InChI=1S/C65H106O6/c1-4-7-10-13-16-19-22-25-26-27-28-29-30-31-32-33-34-35-36-37-38-41-43-46-49-52-55-58-64(67)70-61-62(71-65(68)59-56-53-50-47-44-40-24-21-18-15-12-9-6-3)60-69-63(66)57-54-51-48-45-42-39-23-20-17-14-11-8-5-2/h7,10,12,15-16,19-21,23-26,28-29,31-32,34-35,37-38,62H,4-6,8-9,11,13-14,17-18,22,27,30,33,36,39-61H2,1-3H3/b10-7-,15-12-,19-16-,23-20-,24-21-,26-25-,29-28-,32-31-,35-34-,38-37-. The van der Waals surface area contributed by atoms with Crippen molar-refractivity contribution in [2.24, 2.45) is 0 Å². The van der Waals surface area contributed by atoms with Crippen LogP contribution < -0.4 is 0 Å². The SMILES string of the molecule is CC/C=C\C/C=C\C/C=C\C/C=C\C/C=C\C/C=C\C/C=C\CCCCCCCC(=O)OCC(COC(=O)CCCCCCC/C=C\CCCCCC)OC(=O)CCCCCCC/C=C\C/C=C\CCC. The molecule has 71 heavy (non-hydrogen) atoms. The fourth-order valence-electron chi connectivity index (χ4n) is 7.57. The zero-order valence-corrected chi connectivity index (χ0v) is 45.9. The lowest BCUT2D eigenvalue weighted by molar-refractivity contribution is -0.167. The summed E-state index contributed by atoms with van der Waals surface area (Å²) in [5.41, 5.74) is 0. The number of carbonyl (C=O) groups excluding carboxylic acids is 3. The molecule has 1 unspecified atom stereocenters. The van der Waals surface area contributed by atoms with Gasteiger partial charge in [0.25, 0.3) is 0 Å². The molecule has 0 aliphatic carbocycles. The van der Waals surface area contributed by atoms with Gasteiger partial charge in [-0.05, 0) is 128 Å². The highest BCUT2D eigenvalue weighted by atomic mass is 16.6. The molecular formula is C65H106O6. The highest BCUT2D eigenvalue weighted by molar-refractivity contribution is 5.71. The molecule has 6 nitrogen and oxygen atoms in total. The molecule has 0 saturated heterocycles. The number of rotatable bonds is 51. The molecule has 402 valence electrons. The van der Waals surface area contributed by atoms with Gasteiger partial charge in [-0.15, -0.1) is 0 Å². The highest BCUT2D eigenvalue weighted by Gasteiger charge is 2.19. The second-order valence-corrected chi connectivity index (χ2v) is 18.8. The number of carbonyl (C=O) groups is 3. The Labute approximate surface area is 437 Å². The molecule has 0 fully saturated rings. The Morgan fingerprint density at radius 1 is 0.296 bits per heavy atom. The summed E-state index contributed by atoms with van der Waals surface area (Å²) in [5, 5.41) is 0. The minimum Gasteiger partial charge on any atom is -0.462 e. The summed E-state index contributed by atoms with van der Waals surface area (Å²) in [5.74, 6) is -0.942. The summed E-state index contributed by atoms with van der Waals surface area (Å²) in [6.45, 7) is 6.40. The Morgan fingerprint density at radius 2 is 0.577 bits per heavy atom. The number of ether oxygens (including phenoxy) is 3. The third-order valence-electron chi connectivity index (χ3n) is 11.9. The first-order chi connectivity index (χ1) is 35.0. The van der Waals surface area contributed by atoms with E-state index in [1.165, 1.54) is 44.9 Å². The van der Waals surface area contributed by atoms with E-state index < -0.39 is 6.10 Å². The molecule has 0 aromatic rings. The Hall–Kier alpha value is -4.19. The average Bonchev–Trinajstić information content (AvgIpc) is 3.37. The van der Waals surface area contributed by atoms with Gasteiger partial charge in [0.1, 0.15) is 13.2 Å². The van der Waals surface area contributed by atoms with E-state index in [2.05, 4.69) is 142 Å². The van der Waals surface area contributed by atoms with Gasteiger partial charge in [-0.1, -0.05) is 226 Å². The van der Waals surface area contributed by atoms with Crippen molar-refractivity contribution in [2.75, 3.05) is 13.2 Å². The maximum atomic E-state index is 12.8. The van der Waals surface area contributed by atoms with E-state index in [1.54, 1.807) is 0 Å². The van der Waals surface area contributed by atoms with Crippen LogP contribution in [0.3, 0.4) is 0 Å². The van der Waals surface area contributed by atoms with Crippen molar-refractivity contribution in [3.63, 3.8) is 0 Å². The van der Waals surface area contributed by atoms with Crippen molar-refractivity contribution in [3.8, 4) is 0 Å². The van der Waals surface area contributed by atoms with Gasteiger partial charge in [0.15, 0.2) is 6.10 Å². The van der Waals surface area contributed by atoms with E-state index in [9.17, 15) is 14.4 Å². The van der Waals surface area contributed by atoms with Crippen molar-refractivity contribution in [2.45, 2.75) is 258 Å². The monoisotopic (exact) mass is 983 g/mol. The largest absolute Gasteiger partial charge is 0.462 e. The molecule has 0 aliphatic rings. The summed E-state index contributed by atoms with van der Waals surface area (Å²) < 4.78 is 16.8. The van der Waals surface area contributed by atoms with E-state index in [1.807, 2.05) is 0 Å². The van der Waals surface area contributed by atoms with Gasteiger partial charge in [-0.2, -0.15) is 0 Å². The Morgan fingerprint density at radius 3 is 0.930 bits per heavy atom. The van der Waals surface area contributed by atoms with Crippen LogP contribution in [-0.4, -0.2) is 37.2 Å². The topological polar surface area (TPSA) is 78.9 Å². The molecule has 0 saturated carbocycles. The Balaban J connectivity index is 4.37. The van der Waals surface area contributed by atoms with Gasteiger partial charge in [-0.3, -0.25) is 14.4 Å². The molecule has 0 amide bonds. The predicted molar refractivity (Wildman–Crippen MR) is 306 cm³/mol. The third kappa shape index (κ3) is 56.6. The maximum absolute atomic E-state index is 12.8. The quantitative estimate of drug-likeness (QED) is 0.0261. The molecule has 0 aliphatic heterocycles. The fraction of sp³-hybridized carbons (Fsp3) is 0.646. The van der Waals surface area contributed by atoms with Crippen molar-refractivity contribution in [1.82, 2.24) is 0 Å². The van der Waals surface area contributed by atoms with E-state index in [-0.39, 0.29) is 31.1 Å². The molecule has 1 atom stereocenters. The first-order valence-corrected chi connectivity index (χ1v) is 29.0. The Kier molecular flexibility index (Phi) is 54.9. The van der Waals surface area contributed by atoms with Gasteiger partial charge in [0, 0.05) is 19.3 Å². The number of hydrogen-bond donors (Lipinski definition) is 0. The van der Waals surface area contributed by atoms with Crippen LogP contribution in [0.15, 0.2) is 122 Å². The van der Waals surface area contributed by atoms with E-state index in [0.29, 0.717) is 19.3 Å². The van der Waals surface area contributed by atoms with Crippen molar-refractivity contribution < 1.29 is 28.6 Å². The highest BCUT2D eigenvalue weighted by Crippen LogP contribution is 2.13. The van der Waals surface area contributed by atoms with Crippen molar-refractivity contribution >= 4 is 17.9 Å². The number of allylic oxidation sites excluding steroid dienone is 20. The maximum Gasteiger partial charge on any atom is 0.306 e.